The second-order valence-electron chi connectivity index (χ2n) is 4.03. The second-order valence-corrected chi connectivity index (χ2v) is 4.89. The van der Waals surface area contributed by atoms with Gasteiger partial charge in [0.25, 0.3) is 0 Å². The number of nitrogens with one attached hydrogen (secondary N) is 2. The van der Waals surface area contributed by atoms with Crippen molar-refractivity contribution in [3.05, 3.63) is 52.6 Å². The highest BCUT2D eigenvalue weighted by Crippen LogP contribution is 2.16. The lowest BCUT2D eigenvalue weighted by atomic mass is 10.3. The van der Waals surface area contributed by atoms with Crippen molar-refractivity contribution in [3.63, 3.8) is 0 Å². The Hall–Kier alpha value is -1.88. The normalized spacial score (nSPS) is 10.0. The Balaban J connectivity index is 1.89. The largest absolute Gasteiger partial charge is 0.376 e. The Bertz CT molecular complexity index is 572. The molecule has 1 amide bonds. The van der Waals surface area contributed by atoms with Crippen LogP contribution in [0.25, 0.3) is 0 Å². The predicted molar refractivity (Wildman–Crippen MR) is 80.2 cm³/mol. The zero-order chi connectivity index (χ0) is 13.7. The van der Waals surface area contributed by atoms with Gasteiger partial charge in [-0.15, -0.1) is 0 Å². The number of hydrogen-bond donors (Lipinski definition) is 2. The summed E-state index contributed by atoms with van der Waals surface area (Å²) >= 11 is 3.37. The SMILES string of the molecule is Cc1nc(NC(=O)CNc2ccccc2)ccc1Br. The van der Waals surface area contributed by atoms with Gasteiger partial charge in [0, 0.05) is 10.2 Å². The summed E-state index contributed by atoms with van der Waals surface area (Å²) < 4.78 is 0.924. The van der Waals surface area contributed by atoms with E-state index in [0.717, 1.165) is 15.9 Å². The van der Waals surface area contributed by atoms with Crippen LogP contribution >= 0.6 is 15.9 Å². The molecule has 0 spiro atoms. The Morgan fingerprint density at radius 3 is 2.63 bits per heavy atom. The minimum absolute atomic E-state index is 0.127. The number of para-hydroxylation sites is 1. The third-order valence-electron chi connectivity index (χ3n) is 2.52. The summed E-state index contributed by atoms with van der Waals surface area (Å²) in [5, 5.41) is 5.79. The quantitative estimate of drug-likeness (QED) is 0.909. The number of rotatable bonds is 4. The van der Waals surface area contributed by atoms with Gasteiger partial charge in [0.1, 0.15) is 5.82 Å². The van der Waals surface area contributed by atoms with Gasteiger partial charge in [-0.25, -0.2) is 4.98 Å². The molecule has 19 heavy (non-hydrogen) atoms. The van der Waals surface area contributed by atoms with Crippen LogP contribution in [0.15, 0.2) is 46.9 Å². The van der Waals surface area contributed by atoms with Gasteiger partial charge in [-0.2, -0.15) is 0 Å². The molecule has 0 aliphatic carbocycles. The first kappa shape index (κ1) is 13.5. The van der Waals surface area contributed by atoms with Gasteiger partial charge in [0.15, 0.2) is 0 Å². The minimum Gasteiger partial charge on any atom is -0.376 e. The van der Waals surface area contributed by atoms with Crippen LogP contribution in [0.4, 0.5) is 11.5 Å². The van der Waals surface area contributed by atoms with Crippen LogP contribution in [0.2, 0.25) is 0 Å². The van der Waals surface area contributed by atoms with Crippen LogP contribution < -0.4 is 10.6 Å². The Morgan fingerprint density at radius 2 is 1.95 bits per heavy atom. The molecule has 0 fully saturated rings. The van der Waals surface area contributed by atoms with Crippen molar-refractivity contribution >= 4 is 33.3 Å². The Morgan fingerprint density at radius 1 is 1.21 bits per heavy atom. The van der Waals surface area contributed by atoms with Crippen LogP contribution in [-0.2, 0) is 4.79 Å². The molecule has 2 rings (SSSR count). The predicted octanol–water partition coefficient (Wildman–Crippen LogP) is 3.20. The summed E-state index contributed by atoms with van der Waals surface area (Å²) in [6.07, 6.45) is 0. The molecular weight excluding hydrogens is 306 g/mol. The Kier molecular flexibility index (Phi) is 4.52. The summed E-state index contributed by atoms with van der Waals surface area (Å²) in [5.74, 6) is 0.429. The minimum atomic E-state index is -0.127. The lowest BCUT2D eigenvalue weighted by molar-refractivity contribution is -0.114. The van der Waals surface area contributed by atoms with Gasteiger partial charge in [-0.3, -0.25) is 4.79 Å². The molecule has 1 heterocycles. The highest BCUT2D eigenvalue weighted by atomic mass is 79.9. The second kappa shape index (κ2) is 6.33. The molecule has 2 aromatic rings. The molecular formula is C14H14BrN3O. The first-order valence-electron chi connectivity index (χ1n) is 5.87. The number of carbonyl (C=O) groups excluding carboxylic acids is 1. The van der Waals surface area contributed by atoms with Crippen molar-refractivity contribution in [2.75, 3.05) is 17.2 Å². The van der Waals surface area contributed by atoms with E-state index in [4.69, 9.17) is 0 Å². The number of halogens is 1. The number of carbonyl (C=O) groups is 1. The number of pyridine rings is 1. The summed E-state index contributed by atoms with van der Waals surface area (Å²) in [5.41, 5.74) is 1.76. The van der Waals surface area contributed by atoms with Crippen molar-refractivity contribution in [2.24, 2.45) is 0 Å². The monoisotopic (exact) mass is 319 g/mol. The number of benzene rings is 1. The molecule has 0 radical (unpaired) electrons. The molecule has 2 N–H and O–H groups in total. The first-order valence-corrected chi connectivity index (χ1v) is 6.66. The molecule has 4 nitrogen and oxygen atoms in total. The molecule has 1 aromatic carbocycles. The molecule has 0 unspecified atom stereocenters. The number of aromatic nitrogens is 1. The Labute approximate surface area is 120 Å². The van der Waals surface area contributed by atoms with E-state index in [1.807, 2.05) is 43.3 Å². The van der Waals surface area contributed by atoms with E-state index < -0.39 is 0 Å². The smallest absolute Gasteiger partial charge is 0.244 e. The van der Waals surface area contributed by atoms with E-state index in [1.165, 1.54) is 0 Å². The van der Waals surface area contributed by atoms with Gasteiger partial charge < -0.3 is 10.6 Å². The number of hydrogen-bond acceptors (Lipinski definition) is 3. The van der Waals surface area contributed by atoms with Crippen molar-refractivity contribution in [3.8, 4) is 0 Å². The fraction of sp³-hybridized carbons (Fsp3) is 0.143. The van der Waals surface area contributed by atoms with Crippen LogP contribution in [0, 0.1) is 6.92 Å². The third kappa shape index (κ3) is 4.06. The highest BCUT2D eigenvalue weighted by Gasteiger charge is 2.04. The zero-order valence-corrected chi connectivity index (χ0v) is 12.1. The molecule has 1 aromatic heterocycles. The lowest BCUT2D eigenvalue weighted by Crippen LogP contribution is -2.22. The van der Waals surface area contributed by atoms with Gasteiger partial charge in [-0.1, -0.05) is 18.2 Å². The molecule has 0 bridgehead atoms. The summed E-state index contributed by atoms with van der Waals surface area (Å²) in [6.45, 7) is 2.09. The van der Waals surface area contributed by atoms with Crippen LogP contribution in [0.1, 0.15) is 5.69 Å². The topological polar surface area (TPSA) is 54.0 Å². The molecule has 0 atom stereocenters. The molecule has 0 aliphatic heterocycles. The van der Waals surface area contributed by atoms with Crippen LogP contribution in [0.5, 0.6) is 0 Å². The van der Waals surface area contributed by atoms with Crippen molar-refractivity contribution < 1.29 is 4.79 Å². The number of aryl methyl sites for hydroxylation is 1. The van der Waals surface area contributed by atoms with E-state index in [1.54, 1.807) is 6.07 Å². The van der Waals surface area contributed by atoms with Gasteiger partial charge in [0.05, 0.1) is 12.2 Å². The maximum absolute atomic E-state index is 11.8. The molecule has 0 saturated heterocycles. The van der Waals surface area contributed by atoms with E-state index in [0.29, 0.717) is 5.82 Å². The van der Waals surface area contributed by atoms with Gasteiger partial charge >= 0.3 is 0 Å². The average molecular weight is 320 g/mol. The van der Waals surface area contributed by atoms with Crippen molar-refractivity contribution in [2.45, 2.75) is 6.92 Å². The van der Waals surface area contributed by atoms with Crippen molar-refractivity contribution in [1.29, 1.82) is 0 Å². The van der Waals surface area contributed by atoms with E-state index >= 15 is 0 Å². The lowest BCUT2D eigenvalue weighted by Gasteiger charge is -2.08. The maximum atomic E-state index is 11.8. The fourth-order valence-electron chi connectivity index (χ4n) is 1.54. The van der Waals surface area contributed by atoms with Gasteiger partial charge in [0.2, 0.25) is 5.91 Å². The van der Waals surface area contributed by atoms with Crippen LogP contribution in [-0.4, -0.2) is 17.4 Å². The summed E-state index contributed by atoms with van der Waals surface area (Å²) in [6, 6.07) is 13.2. The van der Waals surface area contributed by atoms with Crippen molar-refractivity contribution in [1.82, 2.24) is 4.98 Å². The zero-order valence-electron chi connectivity index (χ0n) is 10.5. The molecule has 98 valence electrons. The van der Waals surface area contributed by atoms with E-state index in [2.05, 4.69) is 31.5 Å². The first-order chi connectivity index (χ1) is 9.15. The maximum Gasteiger partial charge on any atom is 0.244 e. The fourth-order valence-corrected chi connectivity index (χ4v) is 1.76. The number of nitrogens with zero attached hydrogens (tertiary/aromatic N) is 1. The average Bonchev–Trinajstić information content (AvgIpc) is 2.42. The summed E-state index contributed by atoms with van der Waals surface area (Å²) in [4.78, 5) is 16.0. The van der Waals surface area contributed by atoms with E-state index in [-0.39, 0.29) is 12.5 Å². The van der Waals surface area contributed by atoms with E-state index in [9.17, 15) is 4.79 Å². The number of amides is 1. The van der Waals surface area contributed by atoms with Crippen LogP contribution in [0.3, 0.4) is 0 Å². The number of anilines is 2. The standard InChI is InChI=1S/C14H14BrN3O/c1-10-12(15)7-8-13(17-10)18-14(19)9-16-11-5-3-2-4-6-11/h2-8,16H,9H2,1H3,(H,17,18,19). The highest BCUT2D eigenvalue weighted by molar-refractivity contribution is 9.10. The van der Waals surface area contributed by atoms with Gasteiger partial charge in [-0.05, 0) is 47.1 Å². The molecule has 5 heteroatoms. The molecule has 0 aliphatic rings. The molecule has 0 saturated carbocycles. The third-order valence-corrected chi connectivity index (χ3v) is 3.35. The summed E-state index contributed by atoms with van der Waals surface area (Å²) in [7, 11) is 0.